The molecule has 1 unspecified atom stereocenters. The number of anilines is 2. The van der Waals surface area contributed by atoms with Crippen molar-refractivity contribution in [3.8, 4) is 11.5 Å². The van der Waals surface area contributed by atoms with Crippen molar-refractivity contribution in [2.45, 2.75) is 20.0 Å². The molecule has 1 fully saturated rings. The Bertz CT molecular complexity index is 776. The van der Waals surface area contributed by atoms with Crippen molar-refractivity contribution >= 4 is 17.5 Å². The number of likely N-dealkylation sites (N-methyl/N-ethyl adjacent to an activating group) is 1. The minimum absolute atomic E-state index is 0.267. The summed E-state index contributed by atoms with van der Waals surface area (Å²) in [6, 6.07) is 9.00. The number of ether oxygens (including phenoxy) is 2. The quantitative estimate of drug-likeness (QED) is 0.781. The molecule has 0 aliphatic carbocycles. The number of nitrogens with zero attached hydrogens (tertiary/aromatic N) is 4. The number of nitrogens with one attached hydrogen (secondary N) is 1. The fourth-order valence-corrected chi connectivity index (χ4v) is 2.89. The number of aromatic nitrogens is 2. The van der Waals surface area contributed by atoms with Crippen LogP contribution in [0.25, 0.3) is 0 Å². The van der Waals surface area contributed by atoms with Crippen LogP contribution < -0.4 is 19.7 Å². The molecule has 0 radical (unpaired) electrons. The van der Waals surface area contributed by atoms with Crippen molar-refractivity contribution in [1.29, 1.82) is 0 Å². The Hall–Kier alpha value is -2.87. The topological polar surface area (TPSA) is 79.8 Å². The SMILES string of the molecule is CCOc1ccc(OC(C)C(=O)Nc2cc(N3CCN(C)CC3)ncn2)cc1. The van der Waals surface area contributed by atoms with E-state index in [9.17, 15) is 4.79 Å². The molecule has 150 valence electrons. The molecule has 1 amide bonds. The molecule has 8 heteroatoms. The zero-order valence-corrected chi connectivity index (χ0v) is 16.6. The lowest BCUT2D eigenvalue weighted by molar-refractivity contribution is -0.122. The Morgan fingerprint density at radius 1 is 1.14 bits per heavy atom. The van der Waals surface area contributed by atoms with Crippen molar-refractivity contribution in [1.82, 2.24) is 14.9 Å². The van der Waals surface area contributed by atoms with E-state index in [0.29, 0.717) is 18.2 Å². The smallest absolute Gasteiger partial charge is 0.266 e. The van der Waals surface area contributed by atoms with Crippen LogP contribution in [0, 0.1) is 0 Å². The van der Waals surface area contributed by atoms with E-state index in [-0.39, 0.29) is 5.91 Å². The lowest BCUT2D eigenvalue weighted by atomic mass is 10.3. The molecule has 28 heavy (non-hydrogen) atoms. The largest absolute Gasteiger partial charge is 0.494 e. The van der Waals surface area contributed by atoms with Gasteiger partial charge in [-0.2, -0.15) is 0 Å². The fraction of sp³-hybridized carbons (Fsp3) is 0.450. The van der Waals surface area contributed by atoms with E-state index in [2.05, 4.69) is 32.1 Å². The highest BCUT2D eigenvalue weighted by molar-refractivity contribution is 5.93. The van der Waals surface area contributed by atoms with Crippen LogP contribution in [0.3, 0.4) is 0 Å². The minimum atomic E-state index is -0.667. The summed E-state index contributed by atoms with van der Waals surface area (Å²) in [6.45, 7) is 8.01. The summed E-state index contributed by atoms with van der Waals surface area (Å²) in [4.78, 5) is 25.4. The maximum atomic E-state index is 12.5. The standard InChI is InChI=1S/C20H27N5O3/c1-4-27-16-5-7-17(8-6-16)28-15(2)20(26)23-18-13-19(22-14-21-18)25-11-9-24(3)10-12-25/h5-8,13-15H,4,9-12H2,1-3H3,(H,21,22,23,26). The first-order valence-corrected chi connectivity index (χ1v) is 9.51. The predicted octanol–water partition coefficient (Wildman–Crippen LogP) is 2.03. The molecular formula is C20H27N5O3. The minimum Gasteiger partial charge on any atom is -0.494 e. The Kier molecular flexibility index (Phi) is 6.65. The fourth-order valence-electron chi connectivity index (χ4n) is 2.89. The van der Waals surface area contributed by atoms with Gasteiger partial charge in [0.05, 0.1) is 6.61 Å². The van der Waals surface area contributed by atoms with Gasteiger partial charge in [0.25, 0.3) is 5.91 Å². The summed E-state index contributed by atoms with van der Waals surface area (Å²) in [6.07, 6.45) is 0.807. The van der Waals surface area contributed by atoms with Crippen LogP contribution in [0.2, 0.25) is 0 Å². The van der Waals surface area contributed by atoms with E-state index in [4.69, 9.17) is 9.47 Å². The van der Waals surface area contributed by atoms with Crippen LogP contribution in [0.5, 0.6) is 11.5 Å². The normalized spacial score (nSPS) is 15.8. The highest BCUT2D eigenvalue weighted by atomic mass is 16.5. The zero-order chi connectivity index (χ0) is 19.9. The number of rotatable bonds is 7. The van der Waals surface area contributed by atoms with Crippen molar-refractivity contribution in [3.63, 3.8) is 0 Å². The second kappa shape index (κ2) is 9.36. The number of hydrogen-bond acceptors (Lipinski definition) is 7. The molecule has 1 aromatic carbocycles. The van der Waals surface area contributed by atoms with Gasteiger partial charge in [0.2, 0.25) is 0 Å². The van der Waals surface area contributed by atoms with Crippen LogP contribution in [0.4, 0.5) is 11.6 Å². The first-order chi connectivity index (χ1) is 13.5. The van der Waals surface area contributed by atoms with Crippen LogP contribution in [0.15, 0.2) is 36.7 Å². The molecule has 0 spiro atoms. The average Bonchev–Trinajstić information content (AvgIpc) is 2.70. The Balaban J connectivity index is 1.57. The van der Waals surface area contributed by atoms with Crippen molar-refractivity contribution in [2.24, 2.45) is 0 Å². The van der Waals surface area contributed by atoms with E-state index in [1.807, 2.05) is 19.1 Å². The number of benzene rings is 1. The van der Waals surface area contributed by atoms with Crippen molar-refractivity contribution in [2.75, 3.05) is 50.1 Å². The van der Waals surface area contributed by atoms with Gasteiger partial charge in [0.15, 0.2) is 6.10 Å². The Labute approximate surface area is 165 Å². The monoisotopic (exact) mass is 385 g/mol. The number of carbonyl (C=O) groups is 1. The van der Waals surface area contributed by atoms with E-state index in [1.54, 1.807) is 25.1 Å². The summed E-state index contributed by atoms with van der Waals surface area (Å²) in [5.74, 6) is 2.39. The van der Waals surface area contributed by atoms with E-state index in [0.717, 1.165) is 37.7 Å². The van der Waals surface area contributed by atoms with Crippen LogP contribution in [-0.4, -0.2) is 66.7 Å². The molecule has 1 atom stereocenters. The van der Waals surface area contributed by atoms with Gasteiger partial charge in [0.1, 0.15) is 29.5 Å². The summed E-state index contributed by atoms with van der Waals surface area (Å²) in [5.41, 5.74) is 0. The first-order valence-electron chi connectivity index (χ1n) is 9.51. The third kappa shape index (κ3) is 5.32. The van der Waals surface area contributed by atoms with Gasteiger partial charge >= 0.3 is 0 Å². The second-order valence-electron chi connectivity index (χ2n) is 6.71. The number of carbonyl (C=O) groups excluding carboxylic acids is 1. The van der Waals surface area contributed by atoms with Gasteiger partial charge in [0, 0.05) is 32.2 Å². The third-order valence-corrected chi connectivity index (χ3v) is 4.55. The van der Waals surface area contributed by atoms with Gasteiger partial charge in [-0.25, -0.2) is 9.97 Å². The van der Waals surface area contributed by atoms with Crippen LogP contribution >= 0.6 is 0 Å². The Morgan fingerprint density at radius 3 is 2.50 bits per heavy atom. The third-order valence-electron chi connectivity index (χ3n) is 4.55. The summed E-state index contributed by atoms with van der Waals surface area (Å²) >= 11 is 0. The summed E-state index contributed by atoms with van der Waals surface area (Å²) in [5, 5.41) is 2.81. The van der Waals surface area contributed by atoms with E-state index < -0.39 is 6.10 Å². The number of hydrogen-bond donors (Lipinski definition) is 1. The lowest BCUT2D eigenvalue weighted by Crippen LogP contribution is -2.44. The van der Waals surface area contributed by atoms with Crippen molar-refractivity contribution in [3.05, 3.63) is 36.7 Å². The van der Waals surface area contributed by atoms with Gasteiger partial charge in [-0.1, -0.05) is 0 Å². The van der Waals surface area contributed by atoms with Gasteiger partial charge < -0.3 is 24.6 Å². The molecule has 0 bridgehead atoms. The molecule has 1 N–H and O–H groups in total. The van der Waals surface area contributed by atoms with Crippen molar-refractivity contribution < 1.29 is 14.3 Å². The molecule has 1 saturated heterocycles. The molecule has 1 aromatic heterocycles. The first kappa shape index (κ1) is 19.9. The summed E-state index contributed by atoms with van der Waals surface area (Å²) in [7, 11) is 2.11. The Morgan fingerprint density at radius 2 is 1.82 bits per heavy atom. The zero-order valence-electron chi connectivity index (χ0n) is 16.6. The predicted molar refractivity (Wildman–Crippen MR) is 108 cm³/mol. The molecule has 8 nitrogen and oxygen atoms in total. The molecule has 1 aliphatic heterocycles. The molecule has 2 heterocycles. The van der Waals surface area contributed by atoms with Crippen LogP contribution in [0.1, 0.15) is 13.8 Å². The molecular weight excluding hydrogens is 358 g/mol. The highest BCUT2D eigenvalue weighted by Gasteiger charge is 2.18. The molecule has 3 rings (SSSR count). The summed E-state index contributed by atoms with van der Waals surface area (Å²) < 4.78 is 11.1. The van der Waals surface area contributed by atoms with Gasteiger partial charge in [-0.15, -0.1) is 0 Å². The van der Waals surface area contributed by atoms with Gasteiger partial charge in [-0.3, -0.25) is 4.79 Å². The second-order valence-corrected chi connectivity index (χ2v) is 6.71. The van der Waals surface area contributed by atoms with E-state index >= 15 is 0 Å². The van der Waals surface area contributed by atoms with Gasteiger partial charge in [-0.05, 0) is 45.2 Å². The number of piperazine rings is 1. The molecule has 1 aliphatic rings. The highest BCUT2D eigenvalue weighted by Crippen LogP contribution is 2.20. The van der Waals surface area contributed by atoms with Crippen LogP contribution in [-0.2, 0) is 4.79 Å². The molecule has 2 aromatic rings. The maximum Gasteiger partial charge on any atom is 0.266 e. The number of amides is 1. The maximum absolute atomic E-state index is 12.5. The average molecular weight is 385 g/mol. The molecule has 0 saturated carbocycles. The van der Waals surface area contributed by atoms with E-state index in [1.165, 1.54) is 6.33 Å². The lowest BCUT2D eigenvalue weighted by Gasteiger charge is -2.33.